The highest BCUT2D eigenvalue weighted by Gasteiger charge is 2.25. The minimum absolute atomic E-state index is 0.124. The first-order valence-electron chi connectivity index (χ1n) is 11.9. The zero-order valence-electron chi connectivity index (χ0n) is 21.2. The lowest BCUT2D eigenvalue weighted by Gasteiger charge is -2.18. The molecule has 4 amide bonds. The second-order valence-electron chi connectivity index (χ2n) is 8.57. The Kier molecular flexibility index (Phi) is 10.7. The number of imidazole rings is 1. The average Bonchev–Trinajstić information content (AvgIpc) is 3.30. The zero-order valence-corrected chi connectivity index (χ0v) is 21.2. The van der Waals surface area contributed by atoms with Gasteiger partial charge in [-0.25, -0.2) is 4.98 Å². The predicted molar refractivity (Wildman–Crippen MR) is 134 cm³/mol. The number of pyridine rings is 1. The van der Waals surface area contributed by atoms with E-state index in [0.717, 1.165) is 17.4 Å². The molecule has 2 aromatic rings. The number of nitrogens with one attached hydrogen (secondary N) is 3. The Hall–Kier alpha value is -4.29. The van der Waals surface area contributed by atoms with Crippen molar-refractivity contribution in [2.45, 2.75) is 52.1 Å². The van der Waals surface area contributed by atoms with E-state index in [1.54, 1.807) is 7.05 Å². The summed E-state index contributed by atoms with van der Waals surface area (Å²) in [5.74, 6) is -3.51. The van der Waals surface area contributed by atoms with Crippen LogP contribution in [0.25, 0.3) is 0 Å². The largest absolute Gasteiger partial charge is 0.363 e. The first-order valence-corrected chi connectivity index (χ1v) is 11.9. The Balaban J connectivity index is 2.15. The molecule has 5 N–H and O–H groups in total. The Morgan fingerprint density at radius 2 is 1.84 bits per heavy atom. The first-order chi connectivity index (χ1) is 17.6. The van der Waals surface area contributed by atoms with Crippen molar-refractivity contribution in [2.75, 3.05) is 11.9 Å². The maximum absolute atomic E-state index is 13.0. The number of primary amides is 1. The summed E-state index contributed by atoms with van der Waals surface area (Å²) in [4.78, 5) is 77.5. The fraction of sp³-hybridized carbons (Fsp3) is 0.458. The van der Waals surface area contributed by atoms with Crippen molar-refractivity contribution < 1.29 is 24.0 Å². The molecule has 200 valence electrons. The van der Waals surface area contributed by atoms with Gasteiger partial charge >= 0.3 is 0 Å². The van der Waals surface area contributed by atoms with Gasteiger partial charge in [0.1, 0.15) is 24.0 Å². The van der Waals surface area contributed by atoms with Crippen molar-refractivity contribution in [1.82, 2.24) is 24.8 Å². The summed E-state index contributed by atoms with van der Waals surface area (Å²) < 4.78 is 2.58. The fourth-order valence-electron chi connectivity index (χ4n) is 3.50. The lowest BCUT2D eigenvalue weighted by atomic mass is 10.0. The van der Waals surface area contributed by atoms with Gasteiger partial charge < -0.3 is 30.8 Å². The Bertz CT molecular complexity index is 1200. The molecule has 2 aromatic heterocycles. The van der Waals surface area contributed by atoms with E-state index in [4.69, 9.17) is 5.73 Å². The molecule has 0 aliphatic heterocycles. The minimum atomic E-state index is -1.28. The standard InChI is InChI=1S/C24H33N7O6/c1-4-15(5-2)11-27-20(33)13-31-10-6-7-17(24(31)37)29-22(35)16(8-9-19(32)21(25)34)28-23(36)18-12-26-14-30(18)3/h6-7,10,12,14-16H,4-5,8-9,11,13H2,1-3H3,(H2,25,34)(H,27,33)(H,28,36)(H,29,35)/t16-/m0/s1. The second-order valence-corrected chi connectivity index (χ2v) is 8.57. The number of rotatable bonds is 14. The molecule has 0 radical (unpaired) electrons. The van der Waals surface area contributed by atoms with Crippen molar-refractivity contribution in [3.63, 3.8) is 0 Å². The first kappa shape index (κ1) is 28.9. The molecule has 0 spiro atoms. The van der Waals surface area contributed by atoms with E-state index in [-0.39, 0.29) is 30.3 Å². The summed E-state index contributed by atoms with van der Waals surface area (Å²) in [7, 11) is 1.58. The third-order valence-electron chi connectivity index (χ3n) is 5.94. The lowest BCUT2D eigenvalue weighted by molar-refractivity contribution is -0.136. The van der Waals surface area contributed by atoms with Gasteiger partial charge in [-0.05, 0) is 24.5 Å². The number of Topliss-reactive ketones (excluding diaryl/α,β-unsaturated/α-hetero) is 1. The number of nitrogens with zero attached hydrogens (tertiary/aromatic N) is 3. The maximum atomic E-state index is 13.0. The molecule has 0 aliphatic rings. The molecule has 0 unspecified atom stereocenters. The van der Waals surface area contributed by atoms with Crippen LogP contribution < -0.4 is 27.2 Å². The van der Waals surface area contributed by atoms with Gasteiger partial charge in [0.2, 0.25) is 17.6 Å². The Morgan fingerprint density at radius 3 is 2.43 bits per heavy atom. The van der Waals surface area contributed by atoms with E-state index in [9.17, 15) is 28.8 Å². The van der Waals surface area contributed by atoms with Gasteiger partial charge in [-0.3, -0.25) is 28.8 Å². The van der Waals surface area contributed by atoms with Crippen molar-refractivity contribution in [3.8, 4) is 0 Å². The number of hydrogen-bond acceptors (Lipinski definition) is 7. The summed E-state index contributed by atoms with van der Waals surface area (Å²) in [6, 6.07) is 1.57. The molecule has 13 heteroatoms. The van der Waals surface area contributed by atoms with Crippen molar-refractivity contribution in [2.24, 2.45) is 18.7 Å². The number of amides is 4. The summed E-state index contributed by atoms with van der Waals surface area (Å²) in [6.07, 6.45) is 5.31. The highest BCUT2D eigenvalue weighted by Crippen LogP contribution is 2.08. The Morgan fingerprint density at radius 1 is 1.14 bits per heavy atom. The molecule has 0 saturated carbocycles. The van der Waals surface area contributed by atoms with Crippen molar-refractivity contribution >= 4 is 35.1 Å². The third-order valence-corrected chi connectivity index (χ3v) is 5.94. The molecular weight excluding hydrogens is 482 g/mol. The smallest absolute Gasteiger partial charge is 0.284 e. The van der Waals surface area contributed by atoms with Crippen LogP contribution in [-0.4, -0.2) is 56.1 Å². The summed E-state index contributed by atoms with van der Waals surface area (Å²) in [5, 5.41) is 7.74. The van der Waals surface area contributed by atoms with Crippen molar-refractivity contribution in [3.05, 3.63) is 46.9 Å². The van der Waals surface area contributed by atoms with Gasteiger partial charge in [-0.15, -0.1) is 0 Å². The number of anilines is 1. The van der Waals surface area contributed by atoms with Crippen LogP contribution in [-0.2, 0) is 32.8 Å². The van der Waals surface area contributed by atoms with Crippen LogP contribution in [0.4, 0.5) is 5.69 Å². The van der Waals surface area contributed by atoms with Gasteiger partial charge in [0, 0.05) is 26.2 Å². The molecule has 0 aliphatic carbocycles. The third kappa shape index (κ3) is 8.40. The molecule has 37 heavy (non-hydrogen) atoms. The van der Waals surface area contributed by atoms with E-state index in [1.807, 2.05) is 13.8 Å². The number of carbonyl (C=O) groups excluding carboxylic acids is 5. The molecule has 2 rings (SSSR count). The maximum Gasteiger partial charge on any atom is 0.284 e. The monoisotopic (exact) mass is 515 g/mol. The highest BCUT2D eigenvalue weighted by atomic mass is 16.2. The van der Waals surface area contributed by atoms with Crippen LogP contribution in [0.15, 0.2) is 35.6 Å². The van der Waals surface area contributed by atoms with Crippen LogP contribution in [0.1, 0.15) is 50.0 Å². The normalized spacial score (nSPS) is 11.6. The topological polar surface area (TPSA) is 187 Å². The van der Waals surface area contributed by atoms with Gasteiger partial charge in [0.25, 0.3) is 17.4 Å². The van der Waals surface area contributed by atoms with E-state index >= 15 is 0 Å². The number of ketones is 1. The van der Waals surface area contributed by atoms with Gasteiger partial charge in [-0.2, -0.15) is 0 Å². The predicted octanol–water partition coefficient (Wildman–Crippen LogP) is -0.294. The van der Waals surface area contributed by atoms with Crippen LogP contribution in [0.5, 0.6) is 0 Å². The molecule has 0 aromatic carbocycles. The van der Waals surface area contributed by atoms with Crippen molar-refractivity contribution in [1.29, 1.82) is 0 Å². The lowest BCUT2D eigenvalue weighted by Crippen LogP contribution is -2.45. The Labute approximate surface area is 213 Å². The second kappa shape index (κ2) is 13.7. The number of nitrogens with two attached hydrogens (primary N) is 1. The minimum Gasteiger partial charge on any atom is -0.363 e. The number of hydrogen-bond donors (Lipinski definition) is 4. The average molecular weight is 516 g/mol. The molecule has 1 atom stereocenters. The van der Waals surface area contributed by atoms with Gasteiger partial charge in [-0.1, -0.05) is 26.7 Å². The summed E-state index contributed by atoms with van der Waals surface area (Å²) in [5.41, 5.74) is 4.39. The van der Waals surface area contributed by atoms with E-state index in [0.29, 0.717) is 12.5 Å². The molecule has 0 saturated heterocycles. The van der Waals surface area contributed by atoms with E-state index in [1.165, 1.54) is 35.4 Å². The number of aromatic nitrogens is 3. The zero-order chi connectivity index (χ0) is 27.5. The number of carbonyl (C=O) groups is 5. The highest BCUT2D eigenvalue weighted by molar-refractivity contribution is 6.35. The summed E-state index contributed by atoms with van der Waals surface area (Å²) >= 11 is 0. The van der Waals surface area contributed by atoms with Crippen LogP contribution in [0.3, 0.4) is 0 Å². The molecule has 13 nitrogen and oxygen atoms in total. The van der Waals surface area contributed by atoms with Crippen LogP contribution in [0.2, 0.25) is 0 Å². The van der Waals surface area contributed by atoms with Crippen LogP contribution in [0, 0.1) is 5.92 Å². The molecule has 2 heterocycles. The quantitative estimate of drug-likeness (QED) is 0.249. The van der Waals surface area contributed by atoms with E-state index < -0.39 is 41.5 Å². The van der Waals surface area contributed by atoms with Gasteiger partial charge in [0.15, 0.2) is 0 Å². The number of aryl methyl sites for hydroxylation is 1. The molecular formula is C24H33N7O6. The SMILES string of the molecule is CCC(CC)CNC(=O)Cn1cccc(NC(=O)[C@H](CCC(=O)C(N)=O)NC(=O)c2cncn2C)c1=O. The van der Waals surface area contributed by atoms with E-state index in [2.05, 4.69) is 20.9 Å². The fourth-order valence-corrected chi connectivity index (χ4v) is 3.50. The van der Waals surface area contributed by atoms with Gasteiger partial charge in [0.05, 0.1) is 12.5 Å². The van der Waals surface area contributed by atoms with Crippen LogP contribution >= 0.6 is 0 Å². The summed E-state index contributed by atoms with van der Waals surface area (Å²) in [6.45, 7) is 4.33. The molecule has 0 bridgehead atoms. The molecule has 0 fully saturated rings.